The van der Waals surface area contributed by atoms with Crippen LogP contribution < -0.4 is 15.6 Å². The Bertz CT molecular complexity index is 1050. The van der Waals surface area contributed by atoms with Crippen LogP contribution in [0.25, 0.3) is 0 Å². The smallest absolute Gasteiger partial charge is 0.251 e. The number of rotatable bonds is 7. The number of nitrogens with one attached hydrogen (secondary N) is 2. The predicted octanol–water partition coefficient (Wildman–Crippen LogP) is 4.09. The molecule has 0 fully saturated rings. The third-order valence-electron chi connectivity index (χ3n) is 4.21. The number of aromatic amines is 1. The molecule has 150 valence electrons. The minimum atomic E-state index is -0.441. The number of carbonyl (C=O) groups is 1. The fourth-order valence-electron chi connectivity index (χ4n) is 2.61. The maximum absolute atomic E-state index is 12.6. The highest BCUT2D eigenvalue weighted by Gasteiger charge is 2.17. The summed E-state index contributed by atoms with van der Waals surface area (Å²) in [7, 11) is 0. The van der Waals surface area contributed by atoms with E-state index in [1.807, 2.05) is 62.4 Å². The molecule has 0 aliphatic rings. The van der Waals surface area contributed by atoms with Gasteiger partial charge in [-0.05, 0) is 50.1 Å². The van der Waals surface area contributed by atoms with Crippen molar-refractivity contribution in [3.63, 3.8) is 0 Å². The number of aromatic nitrogens is 2. The van der Waals surface area contributed by atoms with Gasteiger partial charge in [0.2, 0.25) is 5.91 Å². The maximum atomic E-state index is 12.6. The average Bonchev–Trinajstić information content (AvgIpc) is 2.69. The number of hydrogen-bond donors (Lipinski definition) is 2. The van der Waals surface area contributed by atoms with Crippen molar-refractivity contribution < 1.29 is 9.53 Å². The van der Waals surface area contributed by atoms with Gasteiger partial charge in [-0.2, -0.15) is 0 Å². The van der Waals surface area contributed by atoms with Crippen molar-refractivity contribution in [2.24, 2.45) is 0 Å². The van der Waals surface area contributed by atoms with Crippen molar-refractivity contribution in [1.82, 2.24) is 9.97 Å². The minimum Gasteiger partial charge on any atom is -0.487 e. The molecule has 1 unspecified atom stereocenters. The van der Waals surface area contributed by atoms with E-state index in [9.17, 15) is 9.59 Å². The van der Waals surface area contributed by atoms with Crippen LogP contribution in [-0.2, 0) is 11.4 Å². The summed E-state index contributed by atoms with van der Waals surface area (Å²) < 4.78 is 5.65. The molecule has 0 saturated heterocycles. The Labute approximate surface area is 173 Å². The number of thioether (sulfide) groups is 1. The molecule has 1 aromatic heterocycles. The Morgan fingerprint density at radius 2 is 1.93 bits per heavy atom. The zero-order chi connectivity index (χ0) is 20.8. The summed E-state index contributed by atoms with van der Waals surface area (Å²) in [4.78, 5) is 31.7. The molecule has 29 heavy (non-hydrogen) atoms. The highest BCUT2D eigenvalue weighted by molar-refractivity contribution is 8.00. The zero-order valence-corrected chi connectivity index (χ0v) is 17.4. The monoisotopic (exact) mass is 409 g/mol. The Morgan fingerprint density at radius 3 is 2.69 bits per heavy atom. The van der Waals surface area contributed by atoms with Crippen LogP contribution in [0.15, 0.2) is 64.5 Å². The molecule has 7 heteroatoms. The first-order valence-electron chi connectivity index (χ1n) is 9.23. The molecule has 3 aromatic rings. The lowest BCUT2D eigenvalue weighted by Crippen LogP contribution is -2.24. The molecule has 3 rings (SSSR count). The molecular weight excluding hydrogens is 386 g/mol. The number of para-hydroxylation sites is 1. The number of ether oxygens (including phenoxy) is 1. The summed E-state index contributed by atoms with van der Waals surface area (Å²) in [6.07, 6.45) is 0. The Morgan fingerprint density at radius 1 is 1.17 bits per heavy atom. The lowest BCUT2D eigenvalue weighted by atomic mass is 10.1. The van der Waals surface area contributed by atoms with E-state index in [2.05, 4.69) is 15.3 Å². The maximum Gasteiger partial charge on any atom is 0.251 e. The van der Waals surface area contributed by atoms with Crippen molar-refractivity contribution in [2.45, 2.75) is 37.8 Å². The van der Waals surface area contributed by atoms with E-state index in [0.29, 0.717) is 16.6 Å². The Balaban J connectivity index is 1.65. The van der Waals surface area contributed by atoms with Crippen LogP contribution in [0.3, 0.4) is 0 Å². The van der Waals surface area contributed by atoms with E-state index < -0.39 is 5.25 Å². The second-order valence-corrected chi connectivity index (χ2v) is 8.04. The van der Waals surface area contributed by atoms with Crippen molar-refractivity contribution >= 4 is 23.4 Å². The highest BCUT2D eigenvalue weighted by atomic mass is 32.2. The van der Waals surface area contributed by atoms with Gasteiger partial charge in [0.15, 0.2) is 5.16 Å². The van der Waals surface area contributed by atoms with E-state index >= 15 is 0 Å². The van der Waals surface area contributed by atoms with Crippen LogP contribution in [0, 0.1) is 13.8 Å². The molecule has 1 amide bonds. The van der Waals surface area contributed by atoms with Crippen molar-refractivity contribution in [1.29, 1.82) is 0 Å². The molecule has 0 saturated carbocycles. The second kappa shape index (κ2) is 9.43. The lowest BCUT2D eigenvalue weighted by Gasteiger charge is -2.14. The standard InChI is InChI=1S/C22H23N3O3S/c1-14-9-10-15(2)19(11-14)24-21(27)16(3)29-22-23-17(12-20(26)25-22)13-28-18-7-5-4-6-8-18/h4-12,16H,13H2,1-3H3,(H,24,27)(H,23,25,26). The molecular formula is C22H23N3O3S. The molecule has 1 heterocycles. The predicted molar refractivity (Wildman–Crippen MR) is 115 cm³/mol. The molecule has 0 radical (unpaired) electrons. The topological polar surface area (TPSA) is 84.1 Å². The first-order chi connectivity index (χ1) is 13.9. The van der Waals surface area contributed by atoms with Gasteiger partial charge in [-0.25, -0.2) is 4.98 Å². The largest absolute Gasteiger partial charge is 0.487 e. The van der Waals surface area contributed by atoms with Crippen LogP contribution in [0.5, 0.6) is 5.75 Å². The third-order valence-corrected chi connectivity index (χ3v) is 5.20. The van der Waals surface area contributed by atoms with Gasteiger partial charge in [0.25, 0.3) is 5.56 Å². The number of aryl methyl sites for hydroxylation is 2. The second-order valence-electron chi connectivity index (χ2n) is 6.71. The van der Waals surface area contributed by atoms with Gasteiger partial charge in [0, 0.05) is 11.8 Å². The molecule has 2 aromatic carbocycles. The number of hydrogen-bond acceptors (Lipinski definition) is 5. The van der Waals surface area contributed by atoms with E-state index in [1.165, 1.54) is 17.8 Å². The van der Waals surface area contributed by atoms with Gasteiger partial charge < -0.3 is 15.0 Å². The summed E-state index contributed by atoms with van der Waals surface area (Å²) in [6, 6.07) is 16.6. The summed E-state index contributed by atoms with van der Waals surface area (Å²) in [5.74, 6) is 0.544. The van der Waals surface area contributed by atoms with E-state index in [1.54, 1.807) is 6.92 Å². The van der Waals surface area contributed by atoms with Crippen molar-refractivity contribution in [3.8, 4) is 5.75 Å². The van der Waals surface area contributed by atoms with Crippen LogP contribution in [0.2, 0.25) is 0 Å². The zero-order valence-electron chi connectivity index (χ0n) is 16.6. The minimum absolute atomic E-state index is 0.155. The summed E-state index contributed by atoms with van der Waals surface area (Å²) in [6.45, 7) is 5.87. The lowest BCUT2D eigenvalue weighted by molar-refractivity contribution is -0.115. The van der Waals surface area contributed by atoms with E-state index in [4.69, 9.17) is 4.74 Å². The van der Waals surface area contributed by atoms with Gasteiger partial charge in [-0.1, -0.05) is 42.1 Å². The third kappa shape index (κ3) is 5.96. The number of nitrogens with zero attached hydrogens (tertiary/aromatic N) is 1. The first-order valence-corrected chi connectivity index (χ1v) is 10.1. The Hall–Kier alpha value is -3.06. The molecule has 0 bridgehead atoms. The average molecular weight is 410 g/mol. The number of benzene rings is 2. The van der Waals surface area contributed by atoms with Gasteiger partial charge >= 0.3 is 0 Å². The molecule has 0 aliphatic heterocycles. The number of anilines is 1. The fourth-order valence-corrected chi connectivity index (χ4v) is 3.44. The van der Waals surface area contributed by atoms with Crippen LogP contribution >= 0.6 is 11.8 Å². The Kier molecular flexibility index (Phi) is 6.72. The SMILES string of the molecule is Cc1ccc(C)c(NC(=O)C(C)Sc2nc(COc3ccccc3)cc(=O)[nH]2)c1. The molecule has 0 spiro atoms. The van der Waals surface area contributed by atoms with E-state index in [-0.39, 0.29) is 18.1 Å². The highest BCUT2D eigenvalue weighted by Crippen LogP contribution is 2.22. The summed E-state index contributed by atoms with van der Waals surface area (Å²) in [5.41, 5.74) is 3.07. The number of carbonyl (C=O) groups excluding carboxylic acids is 1. The molecule has 6 nitrogen and oxygen atoms in total. The summed E-state index contributed by atoms with van der Waals surface area (Å²) in [5, 5.41) is 2.88. The first kappa shape index (κ1) is 20.7. The van der Waals surface area contributed by atoms with Gasteiger partial charge in [0.05, 0.1) is 10.9 Å². The van der Waals surface area contributed by atoms with Crippen LogP contribution in [0.1, 0.15) is 23.7 Å². The van der Waals surface area contributed by atoms with Crippen molar-refractivity contribution in [2.75, 3.05) is 5.32 Å². The van der Waals surface area contributed by atoms with Gasteiger partial charge in [0.1, 0.15) is 12.4 Å². The van der Waals surface area contributed by atoms with Crippen molar-refractivity contribution in [3.05, 3.63) is 81.8 Å². The van der Waals surface area contributed by atoms with Crippen LogP contribution in [-0.4, -0.2) is 21.1 Å². The molecule has 0 aliphatic carbocycles. The molecule has 2 N–H and O–H groups in total. The fraction of sp³-hybridized carbons (Fsp3) is 0.227. The van der Waals surface area contributed by atoms with E-state index in [0.717, 1.165) is 16.8 Å². The summed E-state index contributed by atoms with van der Waals surface area (Å²) >= 11 is 1.20. The molecule has 1 atom stereocenters. The van der Waals surface area contributed by atoms with Gasteiger partial charge in [-0.3, -0.25) is 9.59 Å². The quantitative estimate of drug-likeness (QED) is 0.454. The number of H-pyrrole nitrogens is 1. The number of amides is 1. The normalized spacial score (nSPS) is 11.7. The van der Waals surface area contributed by atoms with Gasteiger partial charge in [-0.15, -0.1) is 0 Å². The van der Waals surface area contributed by atoms with Crippen LogP contribution in [0.4, 0.5) is 5.69 Å².